The highest BCUT2D eigenvalue weighted by molar-refractivity contribution is 5.79. The number of nitrogens with one attached hydrogen (secondary N) is 1. The number of likely N-dealkylation sites (tertiary alicyclic amines) is 1. The molecular formula is C20H34N4. The summed E-state index contributed by atoms with van der Waals surface area (Å²) in [6.07, 6.45) is 2.64. The molecule has 1 aliphatic heterocycles. The SMILES string of the molecule is CN=C(NCC1CCCN(CC(C)C)C1)N(C)Cc1ccccc1. The lowest BCUT2D eigenvalue weighted by molar-refractivity contribution is 0.159. The predicted molar refractivity (Wildman–Crippen MR) is 103 cm³/mol. The Balaban J connectivity index is 1.80. The van der Waals surface area contributed by atoms with E-state index in [9.17, 15) is 0 Å². The first-order valence-electron chi connectivity index (χ1n) is 9.26. The Labute approximate surface area is 147 Å². The first-order chi connectivity index (χ1) is 11.6. The number of rotatable bonds is 6. The van der Waals surface area contributed by atoms with Crippen LogP contribution in [0.4, 0.5) is 0 Å². The highest BCUT2D eigenvalue weighted by atomic mass is 15.3. The van der Waals surface area contributed by atoms with Gasteiger partial charge in [-0.05, 0) is 36.8 Å². The van der Waals surface area contributed by atoms with E-state index in [1.54, 1.807) is 0 Å². The summed E-state index contributed by atoms with van der Waals surface area (Å²) in [5, 5.41) is 3.58. The van der Waals surface area contributed by atoms with Crippen LogP contribution in [0.2, 0.25) is 0 Å². The van der Waals surface area contributed by atoms with Gasteiger partial charge < -0.3 is 15.1 Å². The van der Waals surface area contributed by atoms with Gasteiger partial charge in [-0.15, -0.1) is 0 Å². The van der Waals surface area contributed by atoms with E-state index < -0.39 is 0 Å². The van der Waals surface area contributed by atoms with Crippen LogP contribution in [-0.2, 0) is 6.54 Å². The van der Waals surface area contributed by atoms with Crippen LogP contribution in [0.5, 0.6) is 0 Å². The second-order valence-electron chi connectivity index (χ2n) is 7.43. The third kappa shape index (κ3) is 6.16. The van der Waals surface area contributed by atoms with E-state index >= 15 is 0 Å². The topological polar surface area (TPSA) is 30.9 Å². The van der Waals surface area contributed by atoms with Crippen LogP contribution >= 0.6 is 0 Å². The molecule has 1 aromatic rings. The summed E-state index contributed by atoms with van der Waals surface area (Å²) in [7, 11) is 3.98. The van der Waals surface area contributed by atoms with E-state index in [-0.39, 0.29) is 0 Å². The third-order valence-electron chi connectivity index (χ3n) is 4.61. The van der Waals surface area contributed by atoms with Gasteiger partial charge in [0.2, 0.25) is 0 Å². The van der Waals surface area contributed by atoms with Crippen LogP contribution in [0.3, 0.4) is 0 Å². The molecule has 0 saturated carbocycles. The molecule has 0 radical (unpaired) electrons. The standard InChI is InChI=1S/C20H34N4/c1-17(2)14-24-12-8-11-19(16-24)13-22-20(21-3)23(4)15-18-9-6-5-7-10-18/h5-7,9-10,17,19H,8,11-16H2,1-4H3,(H,21,22). The van der Waals surface area contributed by atoms with Gasteiger partial charge in [-0.25, -0.2) is 0 Å². The fourth-order valence-electron chi connectivity index (χ4n) is 3.55. The van der Waals surface area contributed by atoms with Crippen molar-refractivity contribution in [2.75, 3.05) is 40.3 Å². The summed E-state index contributed by atoms with van der Waals surface area (Å²) >= 11 is 0. The average molecular weight is 331 g/mol. The Morgan fingerprint density at radius 3 is 2.75 bits per heavy atom. The molecule has 4 nitrogen and oxygen atoms in total. The van der Waals surface area contributed by atoms with Gasteiger partial charge in [0.1, 0.15) is 0 Å². The highest BCUT2D eigenvalue weighted by Crippen LogP contribution is 2.17. The minimum Gasteiger partial charge on any atom is -0.356 e. The Morgan fingerprint density at radius 2 is 2.08 bits per heavy atom. The van der Waals surface area contributed by atoms with Crippen molar-refractivity contribution in [3.8, 4) is 0 Å². The minimum absolute atomic E-state index is 0.722. The molecule has 1 atom stereocenters. The molecule has 1 fully saturated rings. The van der Waals surface area contributed by atoms with Gasteiger partial charge in [0.05, 0.1) is 0 Å². The lowest BCUT2D eigenvalue weighted by Gasteiger charge is -2.34. The molecule has 1 unspecified atom stereocenters. The number of piperidine rings is 1. The van der Waals surface area contributed by atoms with Crippen molar-refractivity contribution in [2.45, 2.75) is 33.2 Å². The van der Waals surface area contributed by atoms with Crippen molar-refractivity contribution in [2.24, 2.45) is 16.8 Å². The van der Waals surface area contributed by atoms with E-state index in [0.29, 0.717) is 0 Å². The maximum Gasteiger partial charge on any atom is 0.193 e. The van der Waals surface area contributed by atoms with Crippen molar-refractivity contribution < 1.29 is 0 Å². The highest BCUT2D eigenvalue weighted by Gasteiger charge is 2.20. The third-order valence-corrected chi connectivity index (χ3v) is 4.61. The molecule has 4 heteroatoms. The van der Waals surface area contributed by atoms with Crippen molar-refractivity contribution in [1.29, 1.82) is 0 Å². The smallest absolute Gasteiger partial charge is 0.193 e. The largest absolute Gasteiger partial charge is 0.356 e. The Morgan fingerprint density at radius 1 is 1.33 bits per heavy atom. The summed E-state index contributed by atoms with van der Waals surface area (Å²) in [5.41, 5.74) is 1.31. The van der Waals surface area contributed by atoms with Gasteiger partial charge in [0, 0.05) is 40.3 Å². The molecule has 1 aromatic carbocycles. The number of aliphatic imine (C=N–C) groups is 1. The molecule has 2 rings (SSSR count). The number of nitrogens with zero attached hydrogens (tertiary/aromatic N) is 3. The Hall–Kier alpha value is -1.55. The first kappa shape index (κ1) is 18.8. The van der Waals surface area contributed by atoms with Crippen LogP contribution in [-0.4, -0.2) is 56.0 Å². The molecule has 1 saturated heterocycles. The van der Waals surface area contributed by atoms with Gasteiger partial charge in [0.25, 0.3) is 0 Å². The van der Waals surface area contributed by atoms with Crippen molar-refractivity contribution in [3.63, 3.8) is 0 Å². The number of hydrogen-bond acceptors (Lipinski definition) is 2. The zero-order valence-corrected chi connectivity index (χ0v) is 15.8. The van der Waals surface area contributed by atoms with Gasteiger partial charge in [-0.2, -0.15) is 0 Å². The van der Waals surface area contributed by atoms with Crippen LogP contribution < -0.4 is 5.32 Å². The lowest BCUT2D eigenvalue weighted by atomic mass is 9.97. The fourth-order valence-corrected chi connectivity index (χ4v) is 3.55. The molecule has 134 valence electrons. The molecule has 0 aromatic heterocycles. The predicted octanol–water partition coefficient (Wildman–Crippen LogP) is 3.06. The Kier molecular flexibility index (Phi) is 7.57. The molecular weight excluding hydrogens is 296 g/mol. The summed E-state index contributed by atoms with van der Waals surface area (Å²) in [6.45, 7) is 10.2. The van der Waals surface area contributed by atoms with Gasteiger partial charge in [0.15, 0.2) is 5.96 Å². The lowest BCUT2D eigenvalue weighted by Crippen LogP contribution is -2.45. The molecule has 1 heterocycles. The molecule has 0 spiro atoms. The van der Waals surface area contributed by atoms with Crippen LogP contribution in [0.25, 0.3) is 0 Å². The van der Waals surface area contributed by atoms with Crippen molar-refractivity contribution in [1.82, 2.24) is 15.1 Å². The number of guanidine groups is 1. The second-order valence-corrected chi connectivity index (χ2v) is 7.43. The molecule has 0 aliphatic carbocycles. The van der Waals surface area contributed by atoms with Gasteiger partial charge in [-0.3, -0.25) is 4.99 Å². The second kappa shape index (κ2) is 9.67. The summed E-state index contributed by atoms with van der Waals surface area (Å²) in [6, 6.07) is 10.6. The first-order valence-corrected chi connectivity index (χ1v) is 9.26. The van der Waals surface area contributed by atoms with Gasteiger partial charge >= 0.3 is 0 Å². The van der Waals surface area contributed by atoms with E-state index in [4.69, 9.17) is 0 Å². The maximum atomic E-state index is 4.45. The van der Waals surface area contributed by atoms with E-state index in [1.807, 2.05) is 7.05 Å². The number of benzene rings is 1. The van der Waals surface area contributed by atoms with Gasteiger partial charge in [-0.1, -0.05) is 44.2 Å². The van der Waals surface area contributed by atoms with Crippen LogP contribution in [0.1, 0.15) is 32.3 Å². The zero-order valence-electron chi connectivity index (χ0n) is 15.8. The van der Waals surface area contributed by atoms with Crippen molar-refractivity contribution in [3.05, 3.63) is 35.9 Å². The monoisotopic (exact) mass is 330 g/mol. The number of hydrogen-bond donors (Lipinski definition) is 1. The average Bonchev–Trinajstić information content (AvgIpc) is 2.56. The molecule has 1 aliphatic rings. The fraction of sp³-hybridized carbons (Fsp3) is 0.650. The normalized spacial score (nSPS) is 19.5. The molecule has 24 heavy (non-hydrogen) atoms. The molecule has 0 amide bonds. The summed E-state index contributed by atoms with van der Waals surface area (Å²) < 4.78 is 0. The summed E-state index contributed by atoms with van der Waals surface area (Å²) in [4.78, 5) is 9.27. The zero-order chi connectivity index (χ0) is 17.4. The molecule has 1 N–H and O–H groups in total. The van der Waals surface area contributed by atoms with E-state index in [2.05, 4.69) is 71.3 Å². The summed E-state index contributed by atoms with van der Waals surface area (Å²) in [5.74, 6) is 2.46. The van der Waals surface area contributed by atoms with E-state index in [1.165, 1.54) is 38.0 Å². The maximum absolute atomic E-state index is 4.45. The molecule has 0 bridgehead atoms. The Bertz CT molecular complexity index is 498. The van der Waals surface area contributed by atoms with Crippen LogP contribution in [0.15, 0.2) is 35.3 Å². The quantitative estimate of drug-likeness (QED) is 0.642. The van der Waals surface area contributed by atoms with Crippen LogP contribution in [0, 0.1) is 11.8 Å². The van der Waals surface area contributed by atoms with Crippen molar-refractivity contribution >= 4 is 5.96 Å². The van der Waals surface area contributed by atoms with E-state index in [0.717, 1.165) is 30.9 Å². The minimum atomic E-state index is 0.722.